The summed E-state index contributed by atoms with van der Waals surface area (Å²) in [6.45, 7) is -1.22. The lowest BCUT2D eigenvalue weighted by atomic mass is 10.1. The number of alkyl halides is 3. The summed E-state index contributed by atoms with van der Waals surface area (Å²) in [5.74, 6) is -1.03. The van der Waals surface area contributed by atoms with Gasteiger partial charge in [-0.2, -0.15) is 8.62 Å². The Morgan fingerprint density at radius 1 is 1.09 bits per heavy atom. The van der Waals surface area contributed by atoms with E-state index in [0.29, 0.717) is 11.1 Å². The zero-order valence-electron chi connectivity index (χ0n) is 16.0. The van der Waals surface area contributed by atoms with Crippen molar-refractivity contribution in [1.82, 2.24) is 10.2 Å². The number of halogens is 3. The molecule has 1 saturated heterocycles. The van der Waals surface area contributed by atoms with Crippen molar-refractivity contribution in [2.24, 2.45) is 5.73 Å². The highest BCUT2D eigenvalue weighted by Crippen LogP contribution is 2.66. The maximum absolute atomic E-state index is 12.5. The molecule has 2 aliphatic rings. The topological polar surface area (TPSA) is 277 Å². The quantitative estimate of drug-likeness (QED) is 0.146. The van der Waals surface area contributed by atoms with Crippen LogP contribution in [0.3, 0.4) is 0 Å². The number of hydrogen-bond acceptors (Lipinski definition) is 12. The molecule has 18 nitrogen and oxygen atoms in total. The normalized spacial score (nSPS) is 31.9. The zero-order valence-corrected chi connectivity index (χ0v) is 18.7. The number of nitrogens with two attached hydrogens (primary N) is 1. The Morgan fingerprint density at radius 2 is 1.68 bits per heavy atom. The van der Waals surface area contributed by atoms with Crippen molar-refractivity contribution in [1.29, 1.82) is 0 Å². The molecule has 0 spiro atoms. The lowest BCUT2D eigenvalue weighted by Gasteiger charge is -2.34. The second kappa shape index (κ2) is 10.1. The zero-order chi connectivity index (χ0) is 26.3. The molecule has 7 unspecified atom stereocenters. The summed E-state index contributed by atoms with van der Waals surface area (Å²) in [7, 11) is -17.1. The molecule has 2 rings (SSSR count). The predicted molar refractivity (Wildman–Crippen MR) is 94.1 cm³/mol. The van der Waals surface area contributed by atoms with Crippen LogP contribution in [0, 0.1) is 0 Å². The third-order valence-electron chi connectivity index (χ3n) is 3.75. The Bertz CT molecular complexity index is 958. The third kappa shape index (κ3) is 8.21. The monoisotopic (exact) mass is 569 g/mol. The molecule has 9 N–H and O–H groups in total. The van der Waals surface area contributed by atoms with Crippen molar-refractivity contribution in [3.63, 3.8) is 0 Å². The highest BCUT2D eigenvalue weighted by Gasteiger charge is 2.50. The Hall–Kier alpha value is -1.15. The summed E-state index contributed by atoms with van der Waals surface area (Å²) < 4.78 is 91.0. The largest absolute Gasteiger partial charge is 0.572 e. The summed E-state index contributed by atoms with van der Waals surface area (Å²) in [5, 5.41) is 22.0. The van der Waals surface area contributed by atoms with E-state index >= 15 is 0 Å². The highest BCUT2D eigenvalue weighted by atomic mass is 31.3. The van der Waals surface area contributed by atoms with Gasteiger partial charge in [0.1, 0.15) is 24.5 Å². The van der Waals surface area contributed by atoms with Crippen LogP contribution in [0.15, 0.2) is 12.0 Å². The first-order valence-corrected chi connectivity index (χ1v) is 12.8. The number of rotatable bonds is 9. The highest BCUT2D eigenvalue weighted by molar-refractivity contribution is 7.66. The minimum absolute atomic E-state index is 0.323. The molecule has 0 aromatic carbocycles. The molecule has 2 heterocycles. The lowest BCUT2D eigenvalue weighted by molar-refractivity contribution is -0.308. The van der Waals surface area contributed by atoms with Crippen LogP contribution in [0.1, 0.15) is 0 Å². The van der Waals surface area contributed by atoms with Crippen LogP contribution in [-0.2, 0) is 36.3 Å². The van der Waals surface area contributed by atoms with Gasteiger partial charge in [0.15, 0.2) is 12.0 Å². The van der Waals surface area contributed by atoms with Crippen LogP contribution in [0.4, 0.5) is 18.0 Å². The smallest absolute Gasteiger partial charge is 0.405 e. The summed E-state index contributed by atoms with van der Waals surface area (Å²) in [4.78, 5) is 47.8. The number of hydrogen-bond donors (Lipinski definition) is 8. The fraction of sp³-hybridized carbons (Fsp3) is 0.700. The van der Waals surface area contributed by atoms with Crippen LogP contribution in [-0.4, -0.2) is 84.4 Å². The van der Waals surface area contributed by atoms with E-state index in [4.69, 9.17) is 25.2 Å². The number of nitrogens with one attached hydrogen (secondary N) is 1. The molecule has 0 radical (unpaired) electrons. The molecule has 198 valence electrons. The maximum atomic E-state index is 12.5. The number of phosphoric ester groups is 1. The number of aliphatic hydroxyl groups is 2. The van der Waals surface area contributed by atoms with Gasteiger partial charge in [-0.25, -0.2) is 18.5 Å². The van der Waals surface area contributed by atoms with Crippen molar-refractivity contribution >= 4 is 29.5 Å². The van der Waals surface area contributed by atoms with Crippen molar-refractivity contribution in [2.45, 2.75) is 37.1 Å². The molecular formula is C10H17F3N3O15P3. The maximum Gasteiger partial charge on any atom is 0.572 e. The van der Waals surface area contributed by atoms with Gasteiger partial charge in [-0.1, -0.05) is 0 Å². The van der Waals surface area contributed by atoms with Gasteiger partial charge in [-0.3, -0.25) is 9.42 Å². The predicted octanol–water partition coefficient (Wildman–Crippen LogP) is -1.54. The van der Waals surface area contributed by atoms with Gasteiger partial charge in [0.25, 0.3) is 0 Å². The number of ether oxygens (including phenoxy) is 2. The number of amides is 2. The van der Waals surface area contributed by atoms with Crippen LogP contribution in [0.5, 0.6) is 0 Å². The molecule has 2 amide bonds. The first-order valence-electron chi connectivity index (χ1n) is 8.31. The average molecular weight is 569 g/mol. The van der Waals surface area contributed by atoms with Gasteiger partial charge >= 0.3 is 35.9 Å². The van der Waals surface area contributed by atoms with Crippen LogP contribution < -0.4 is 11.1 Å². The number of nitrogens with zero attached hydrogens (tertiary/aromatic N) is 1. The number of phosphoric acid groups is 3. The van der Waals surface area contributed by atoms with Crippen molar-refractivity contribution in [3.8, 4) is 0 Å². The average Bonchev–Trinajstić information content (AvgIpc) is 2.86. The molecule has 0 aliphatic carbocycles. The Morgan fingerprint density at radius 3 is 2.21 bits per heavy atom. The van der Waals surface area contributed by atoms with Gasteiger partial charge < -0.3 is 50.3 Å². The van der Waals surface area contributed by atoms with Gasteiger partial charge in [-0.05, 0) is 0 Å². The van der Waals surface area contributed by atoms with Crippen molar-refractivity contribution in [3.05, 3.63) is 12.0 Å². The fourth-order valence-corrected chi connectivity index (χ4v) is 5.56. The molecule has 1 fully saturated rings. The van der Waals surface area contributed by atoms with E-state index in [1.807, 2.05) is 5.32 Å². The molecular weight excluding hydrogens is 552 g/mol. The SMILES string of the molecule is NC1NC(=O)N(C2OC(COP(=O)(O)OP(=O)(O)OP(=O)(O)O)C(O)C2O)C=C1OC(F)(F)F. The molecule has 0 saturated carbocycles. The first-order chi connectivity index (χ1) is 15.2. The molecule has 7 atom stereocenters. The minimum atomic E-state index is -5.84. The van der Waals surface area contributed by atoms with Crippen molar-refractivity contribution < 1.29 is 84.1 Å². The van der Waals surface area contributed by atoms with Crippen LogP contribution in [0.25, 0.3) is 0 Å². The van der Waals surface area contributed by atoms with Gasteiger partial charge in [0, 0.05) is 0 Å². The van der Waals surface area contributed by atoms with Gasteiger partial charge in [-0.15, -0.1) is 13.2 Å². The number of carbonyl (C=O) groups excluding carboxylic acids is 1. The first kappa shape index (κ1) is 29.1. The van der Waals surface area contributed by atoms with Crippen molar-refractivity contribution in [2.75, 3.05) is 6.61 Å². The van der Waals surface area contributed by atoms with E-state index in [9.17, 15) is 46.8 Å². The van der Waals surface area contributed by atoms with Crippen LogP contribution in [0.2, 0.25) is 0 Å². The van der Waals surface area contributed by atoms with Gasteiger partial charge in [0.05, 0.1) is 12.8 Å². The Balaban J connectivity index is 2.10. The van der Waals surface area contributed by atoms with E-state index in [1.165, 1.54) is 0 Å². The summed E-state index contributed by atoms with van der Waals surface area (Å²) >= 11 is 0. The van der Waals surface area contributed by atoms with E-state index < -0.39 is 78.9 Å². The standard InChI is InChI=1S/C10H17F3N3O15P3/c11-10(12,13)29-3-1-16(9(19)15-7(3)14)8-6(18)5(17)4(28-8)2-27-33(23,24)31-34(25,26)30-32(20,21)22/h1,4-8,17-18H,2,14H2,(H,15,19)(H,23,24)(H,25,26)(H2,20,21,22). The molecule has 34 heavy (non-hydrogen) atoms. The summed E-state index contributed by atoms with van der Waals surface area (Å²) in [6.07, 6.45) is -14.3. The Kier molecular flexibility index (Phi) is 8.62. The van der Waals surface area contributed by atoms with Crippen LogP contribution >= 0.6 is 23.5 Å². The summed E-state index contributed by atoms with van der Waals surface area (Å²) in [5.41, 5.74) is 5.31. The summed E-state index contributed by atoms with van der Waals surface area (Å²) in [6, 6.07) is -1.20. The third-order valence-corrected chi connectivity index (χ3v) is 7.55. The molecule has 0 aromatic heterocycles. The number of urea groups is 1. The van der Waals surface area contributed by atoms with E-state index in [-0.39, 0.29) is 0 Å². The van der Waals surface area contributed by atoms with E-state index in [1.54, 1.807) is 0 Å². The second-order valence-electron chi connectivity index (χ2n) is 6.35. The van der Waals surface area contributed by atoms with E-state index in [2.05, 4.69) is 17.9 Å². The molecule has 24 heteroatoms. The molecule has 2 aliphatic heterocycles. The Labute approximate surface area is 186 Å². The fourth-order valence-electron chi connectivity index (χ4n) is 2.53. The molecule has 0 aromatic rings. The van der Waals surface area contributed by atoms with E-state index in [0.717, 1.165) is 0 Å². The number of aliphatic hydroxyl groups excluding tert-OH is 2. The second-order valence-corrected chi connectivity index (χ2v) is 10.8. The molecule has 0 bridgehead atoms. The lowest BCUT2D eigenvalue weighted by Crippen LogP contribution is -2.57. The van der Waals surface area contributed by atoms with Gasteiger partial charge in [0.2, 0.25) is 0 Å². The minimum Gasteiger partial charge on any atom is -0.405 e. The number of carbonyl (C=O) groups is 1.